The van der Waals surface area contributed by atoms with E-state index in [-0.39, 0.29) is 18.3 Å². The van der Waals surface area contributed by atoms with Crippen molar-refractivity contribution >= 4 is 29.3 Å². The topological polar surface area (TPSA) is 72.9 Å². The molecule has 1 heterocycles. The van der Waals surface area contributed by atoms with Crippen molar-refractivity contribution < 1.29 is 4.79 Å². The van der Waals surface area contributed by atoms with Gasteiger partial charge in [-0.25, -0.2) is 4.98 Å². The molecule has 3 aromatic rings. The zero-order valence-corrected chi connectivity index (χ0v) is 16.0. The lowest BCUT2D eigenvalue weighted by Gasteiger charge is -2.31. The van der Waals surface area contributed by atoms with Crippen LogP contribution in [-0.2, 0) is 11.3 Å². The molecule has 142 valence electrons. The lowest BCUT2D eigenvalue weighted by molar-refractivity contribution is -0.127. The Bertz CT molecular complexity index is 913. The second-order valence-electron chi connectivity index (χ2n) is 7.17. The third kappa shape index (κ3) is 3.99. The van der Waals surface area contributed by atoms with E-state index in [4.69, 9.17) is 5.73 Å². The second kappa shape index (κ2) is 8.11. The van der Waals surface area contributed by atoms with Crippen LogP contribution < -0.4 is 11.1 Å². The molecule has 5 nitrogen and oxygen atoms in total. The van der Waals surface area contributed by atoms with Crippen LogP contribution in [0.25, 0.3) is 16.7 Å². The molecule has 1 amide bonds. The van der Waals surface area contributed by atoms with E-state index in [0.29, 0.717) is 6.54 Å². The molecule has 6 heteroatoms. The molecule has 1 saturated carbocycles. The van der Waals surface area contributed by atoms with Crippen molar-refractivity contribution in [2.24, 2.45) is 5.73 Å². The van der Waals surface area contributed by atoms with Gasteiger partial charge in [0.2, 0.25) is 5.91 Å². The van der Waals surface area contributed by atoms with Crippen molar-refractivity contribution in [1.82, 2.24) is 14.9 Å². The molecule has 0 unspecified atom stereocenters. The summed E-state index contributed by atoms with van der Waals surface area (Å²) in [7, 11) is 0. The van der Waals surface area contributed by atoms with E-state index in [2.05, 4.69) is 33.1 Å². The number of halogens is 1. The summed E-state index contributed by atoms with van der Waals surface area (Å²) in [5, 5.41) is 3.01. The molecule has 27 heavy (non-hydrogen) atoms. The summed E-state index contributed by atoms with van der Waals surface area (Å²) in [5.41, 5.74) is 9.77. The number of benzene rings is 2. The molecule has 4 rings (SSSR count). The van der Waals surface area contributed by atoms with Gasteiger partial charge in [-0.3, -0.25) is 9.36 Å². The molecular formula is C21H25ClN4O. The summed E-state index contributed by atoms with van der Waals surface area (Å²) >= 11 is 0. The molecule has 0 spiro atoms. The Morgan fingerprint density at radius 1 is 1.07 bits per heavy atom. The van der Waals surface area contributed by atoms with Gasteiger partial charge < -0.3 is 11.1 Å². The minimum atomic E-state index is -0.687. The Morgan fingerprint density at radius 3 is 2.52 bits per heavy atom. The number of imidazole rings is 1. The van der Waals surface area contributed by atoms with Crippen LogP contribution in [-0.4, -0.2) is 21.0 Å². The first kappa shape index (κ1) is 19.4. The van der Waals surface area contributed by atoms with Gasteiger partial charge in [0, 0.05) is 12.2 Å². The van der Waals surface area contributed by atoms with Gasteiger partial charge in [0.15, 0.2) is 0 Å². The van der Waals surface area contributed by atoms with Gasteiger partial charge in [0.25, 0.3) is 0 Å². The number of rotatable bonds is 4. The summed E-state index contributed by atoms with van der Waals surface area (Å²) in [4.78, 5) is 16.9. The number of nitrogens with zero attached hydrogens (tertiary/aromatic N) is 2. The standard InChI is InChI=1S/C21H24N4O.ClH/c22-21(12-4-1-5-13-21)20(26)23-14-16-8-10-17(11-9-16)25-15-24-18-6-2-3-7-19(18)25;/h2-3,6-11,15H,1,4-5,12-14,22H2,(H,23,26);1H. The fourth-order valence-electron chi connectivity index (χ4n) is 3.71. The van der Waals surface area contributed by atoms with Crippen LogP contribution in [0.5, 0.6) is 0 Å². The van der Waals surface area contributed by atoms with Crippen molar-refractivity contribution in [1.29, 1.82) is 0 Å². The van der Waals surface area contributed by atoms with Gasteiger partial charge >= 0.3 is 0 Å². The normalized spacial score (nSPS) is 15.9. The smallest absolute Gasteiger partial charge is 0.240 e. The average molecular weight is 385 g/mol. The minimum absolute atomic E-state index is 0. The Kier molecular flexibility index (Phi) is 5.82. The summed E-state index contributed by atoms with van der Waals surface area (Å²) < 4.78 is 2.06. The Labute approximate surface area is 165 Å². The van der Waals surface area contributed by atoms with Crippen LogP contribution in [0.15, 0.2) is 54.9 Å². The molecule has 1 aromatic heterocycles. The molecule has 0 radical (unpaired) electrons. The number of amides is 1. The Morgan fingerprint density at radius 2 is 1.78 bits per heavy atom. The highest BCUT2D eigenvalue weighted by molar-refractivity contribution is 5.86. The average Bonchev–Trinajstić information content (AvgIpc) is 3.11. The number of fused-ring (bicyclic) bond motifs is 1. The highest BCUT2D eigenvalue weighted by Crippen LogP contribution is 2.26. The van der Waals surface area contributed by atoms with Crippen LogP contribution in [0.3, 0.4) is 0 Å². The Balaban J connectivity index is 0.00000210. The van der Waals surface area contributed by atoms with E-state index < -0.39 is 5.54 Å². The molecule has 1 fully saturated rings. The highest BCUT2D eigenvalue weighted by Gasteiger charge is 2.34. The van der Waals surface area contributed by atoms with Crippen LogP contribution in [0.2, 0.25) is 0 Å². The first-order chi connectivity index (χ1) is 12.7. The summed E-state index contributed by atoms with van der Waals surface area (Å²) in [6.07, 6.45) is 6.66. The van der Waals surface area contributed by atoms with Crippen molar-refractivity contribution in [3.63, 3.8) is 0 Å². The predicted octanol–water partition coefficient (Wildman–Crippen LogP) is 3.73. The number of hydrogen-bond acceptors (Lipinski definition) is 3. The number of para-hydroxylation sites is 2. The van der Waals surface area contributed by atoms with E-state index in [0.717, 1.165) is 48.0 Å². The molecule has 0 bridgehead atoms. The maximum absolute atomic E-state index is 12.4. The Hall–Kier alpha value is -2.37. The number of nitrogens with two attached hydrogens (primary N) is 1. The lowest BCUT2D eigenvalue weighted by atomic mass is 9.82. The maximum atomic E-state index is 12.4. The van der Waals surface area contributed by atoms with Crippen molar-refractivity contribution in [3.8, 4) is 5.69 Å². The van der Waals surface area contributed by atoms with Gasteiger partial charge in [-0.05, 0) is 42.7 Å². The number of carbonyl (C=O) groups excluding carboxylic acids is 1. The SMILES string of the molecule is Cl.NC1(C(=O)NCc2ccc(-n3cnc4ccccc43)cc2)CCCCC1. The molecule has 3 N–H and O–H groups in total. The fraction of sp³-hybridized carbons (Fsp3) is 0.333. The van der Waals surface area contributed by atoms with E-state index in [1.165, 1.54) is 6.42 Å². The van der Waals surface area contributed by atoms with E-state index in [1.807, 2.05) is 36.7 Å². The van der Waals surface area contributed by atoms with Gasteiger partial charge in [-0.15, -0.1) is 12.4 Å². The minimum Gasteiger partial charge on any atom is -0.350 e. The van der Waals surface area contributed by atoms with Crippen molar-refractivity contribution in [2.75, 3.05) is 0 Å². The molecule has 0 aliphatic heterocycles. The van der Waals surface area contributed by atoms with Crippen LogP contribution >= 0.6 is 12.4 Å². The number of nitrogens with one attached hydrogen (secondary N) is 1. The first-order valence-electron chi connectivity index (χ1n) is 9.24. The molecule has 1 aliphatic rings. The number of hydrogen-bond donors (Lipinski definition) is 2. The van der Waals surface area contributed by atoms with Crippen molar-refractivity contribution in [3.05, 3.63) is 60.4 Å². The largest absolute Gasteiger partial charge is 0.350 e. The van der Waals surface area contributed by atoms with Gasteiger partial charge in [0.1, 0.15) is 6.33 Å². The van der Waals surface area contributed by atoms with E-state index in [1.54, 1.807) is 0 Å². The predicted molar refractivity (Wildman–Crippen MR) is 110 cm³/mol. The molecule has 0 saturated heterocycles. The number of aromatic nitrogens is 2. The van der Waals surface area contributed by atoms with Crippen LogP contribution in [0.4, 0.5) is 0 Å². The third-order valence-electron chi connectivity index (χ3n) is 5.32. The van der Waals surface area contributed by atoms with E-state index >= 15 is 0 Å². The van der Waals surface area contributed by atoms with Gasteiger partial charge in [-0.2, -0.15) is 0 Å². The third-order valence-corrected chi connectivity index (χ3v) is 5.32. The maximum Gasteiger partial charge on any atom is 0.240 e. The monoisotopic (exact) mass is 384 g/mol. The molecule has 2 aromatic carbocycles. The molecule has 0 atom stereocenters. The van der Waals surface area contributed by atoms with Crippen LogP contribution in [0, 0.1) is 0 Å². The van der Waals surface area contributed by atoms with E-state index in [9.17, 15) is 4.79 Å². The first-order valence-corrected chi connectivity index (χ1v) is 9.24. The van der Waals surface area contributed by atoms with Crippen LogP contribution in [0.1, 0.15) is 37.7 Å². The summed E-state index contributed by atoms with van der Waals surface area (Å²) in [5.74, 6) is -0.0260. The molecule has 1 aliphatic carbocycles. The fourth-order valence-corrected chi connectivity index (χ4v) is 3.71. The zero-order valence-electron chi connectivity index (χ0n) is 15.2. The quantitative estimate of drug-likeness (QED) is 0.719. The zero-order chi connectivity index (χ0) is 18.0. The molecular weight excluding hydrogens is 360 g/mol. The van der Waals surface area contributed by atoms with Gasteiger partial charge in [-0.1, -0.05) is 43.5 Å². The second-order valence-corrected chi connectivity index (χ2v) is 7.17. The highest BCUT2D eigenvalue weighted by atomic mass is 35.5. The number of carbonyl (C=O) groups is 1. The van der Waals surface area contributed by atoms with Crippen molar-refractivity contribution in [2.45, 2.75) is 44.2 Å². The lowest BCUT2D eigenvalue weighted by Crippen LogP contribution is -2.54. The summed E-state index contributed by atoms with van der Waals surface area (Å²) in [6.45, 7) is 0.503. The van der Waals surface area contributed by atoms with Gasteiger partial charge in [0.05, 0.1) is 16.6 Å². The summed E-state index contributed by atoms with van der Waals surface area (Å²) in [6, 6.07) is 16.2.